The van der Waals surface area contributed by atoms with E-state index in [4.69, 9.17) is 4.99 Å². The van der Waals surface area contributed by atoms with Gasteiger partial charge in [-0.2, -0.15) is 0 Å². The maximum atomic E-state index is 4.79. The van der Waals surface area contributed by atoms with Gasteiger partial charge in [-0.3, -0.25) is 9.99 Å². The number of nitrogens with one attached hydrogen (secondary N) is 2. The number of rotatable bonds is 7. The molecule has 0 aliphatic carbocycles. The minimum atomic E-state index is 0.747. The van der Waals surface area contributed by atoms with Crippen LogP contribution in [-0.2, 0) is 0 Å². The van der Waals surface area contributed by atoms with Crippen LogP contribution < -0.4 is 10.7 Å². The number of hydrogen-bond acceptors (Lipinski definition) is 7. The van der Waals surface area contributed by atoms with Crippen molar-refractivity contribution >= 4 is 29.1 Å². The predicted molar refractivity (Wildman–Crippen MR) is 114 cm³/mol. The summed E-state index contributed by atoms with van der Waals surface area (Å²) in [6.07, 6.45) is 8.47. The highest BCUT2D eigenvalue weighted by atomic mass is 15.5. The minimum absolute atomic E-state index is 0.747. The lowest BCUT2D eigenvalue weighted by molar-refractivity contribution is 0.278. The van der Waals surface area contributed by atoms with Crippen molar-refractivity contribution in [2.24, 2.45) is 4.99 Å². The van der Waals surface area contributed by atoms with Gasteiger partial charge in [-0.25, -0.2) is 15.4 Å². The van der Waals surface area contributed by atoms with E-state index >= 15 is 0 Å². The Morgan fingerprint density at radius 3 is 2.93 bits per heavy atom. The second-order valence-electron chi connectivity index (χ2n) is 6.93. The van der Waals surface area contributed by atoms with E-state index in [9.17, 15) is 0 Å². The normalized spacial score (nSPS) is 15.0. The fourth-order valence-electron chi connectivity index (χ4n) is 3.68. The maximum absolute atomic E-state index is 4.79. The molecular weight excluding hydrogens is 350 g/mol. The molecule has 4 rings (SSSR count). The molecule has 0 saturated heterocycles. The fraction of sp³-hybridized carbons (Fsp3) is 0.381. The minimum Gasteiger partial charge on any atom is -0.338 e. The smallest absolute Gasteiger partial charge is 0.139 e. The Balaban J connectivity index is 1.53. The van der Waals surface area contributed by atoms with Crippen LogP contribution in [0.3, 0.4) is 0 Å². The molecule has 2 aliphatic rings. The zero-order valence-corrected chi connectivity index (χ0v) is 16.5. The molecule has 7 nitrogen and oxygen atoms in total. The van der Waals surface area contributed by atoms with E-state index in [2.05, 4.69) is 50.5 Å². The number of hydrazine groups is 1. The van der Waals surface area contributed by atoms with Crippen LogP contribution in [0.4, 0.5) is 11.5 Å². The lowest BCUT2D eigenvalue weighted by Crippen LogP contribution is -2.41. The quantitative estimate of drug-likeness (QED) is 0.723. The number of aromatic nitrogens is 2. The van der Waals surface area contributed by atoms with E-state index in [1.54, 1.807) is 6.20 Å². The molecule has 0 amide bonds. The number of aliphatic imine (C=N–C) groups is 1. The summed E-state index contributed by atoms with van der Waals surface area (Å²) in [5.41, 5.74) is 8.76. The molecule has 0 spiro atoms. The summed E-state index contributed by atoms with van der Waals surface area (Å²) in [6.45, 7) is 9.40. The second-order valence-corrected chi connectivity index (χ2v) is 6.93. The number of hydrogen-bond donors (Lipinski definition) is 2. The average molecular weight is 377 g/mol. The first-order chi connectivity index (χ1) is 13.8. The van der Waals surface area contributed by atoms with Crippen LogP contribution in [0.15, 0.2) is 41.8 Å². The highest BCUT2D eigenvalue weighted by molar-refractivity contribution is 6.02. The highest BCUT2D eigenvalue weighted by Gasteiger charge is 2.25. The van der Waals surface area contributed by atoms with Gasteiger partial charge in [-0.1, -0.05) is 13.8 Å². The largest absolute Gasteiger partial charge is 0.338 e. The lowest BCUT2D eigenvalue weighted by Gasteiger charge is -2.27. The molecule has 7 heteroatoms. The Hall–Kier alpha value is -2.77. The van der Waals surface area contributed by atoms with Gasteiger partial charge in [0.15, 0.2) is 0 Å². The first-order valence-electron chi connectivity index (χ1n) is 9.96. The summed E-state index contributed by atoms with van der Waals surface area (Å²) in [4.78, 5) is 16.0. The van der Waals surface area contributed by atoms with Gasteiger partial charge < -0.3 is 10.2 Å². The number of nitrogens with zero attached hydrogens (tertiary/aromatic N) is 5. The summed E-state index contributed by atoms with van der Waals surface area (Å²) < 4.78 is 0. The monoisotopic (exact) mass is 377 g/mol. The van der Waals surface area contributed by atoms with Gasteiger partial charge in [-0.05, 0) is 44.3 Å². The van der Waals surface area contributed by atoms with Gasteiger partial charge in [0.25, 0.3) is 0 Å². The molecule has 0 saturated carbocycles. The predicted octanol–water partition coefficient (Wildman–Crippen LogP) is 2.98. The van der Waals surface area contributed by atoms with Crippen molar-refractivity contribution in [3.63, 3.8) is 0 Å². The van der Waals surface area contributed by atoms with E-state index in [1.165, 1.54) is 5.57 Å². The Kier molecular flexibility index (Phi) is 5.64. The summed E-state index contributed by atoms with van der Waals surface area (Å²) in [6, 6.07) is 6.06. The highest BCUT2D eigenvalue weighted by Crippen LogP contribution is 2.40. The summed E-state index contributed by atoms with van der Waals surface area (Å²) >= 11 is 0. The van der Waals surface area contributed by atoms with E-state index in [-0.39, 0.29) is 0 Å². The van der Waals surface area contributed by atoms with Gasteiger partial charge >= 0.3 is 0 Å². The van der Waals surface area contributed by atoms with Crippen molar-refractivity contribution < 1.29 is 0 Å². The summed E-state index contributed by atoms with van der Waals surface area (Å²) in [7, 11) is 0. The molecule has 0 atom stereocenters. The van der Waals surface area contributed by atoms with Gasteiger partial charge in [-0.15, -0.1) is 0 Å². The molecule has 2 aromatic rings. The zero-order chi connectivity index (χ0) is 19.3. The third kappa shape index (κ3) is 3.76. The Morgan fingerprint density at radius 2 is 2.07 bits per heavy atom. The third-order valence-corrected chi connectivity index (χ3v) is 5.26. The first kappa shape index (κ1) is 18.6. The molecule has 28 heavy (non-hydrogen) atoms. The zero-order valence-electron chi connectivity index (χ0n) is 16.5. The van der Waals surface area contributed by atoms with Crippen molar-refractivity contribution in [2.75, 3.05) is 38.0 Å². The van der Waals surface area contributed by atoms with Crippen molar-refractivity contribution in [3.8, 4) is 0 Å². The van der Waals surface area contributed by atoms with E-state index < -0.39 is 0 Å². The first-order valence-corrected chi connectivity index (χ1v) is 9.96. The number of anilines is 2. The maximum Gasteiger partial charge on any atom is 0.139 e. The molecule has 2 aromatic heterocycles. The summed E-state index contributed by atoms with van der Waals surface area (Å²) in [5, 5.41) is 5.49. The molecule has 2 aliphatic heterocycles. The Bertz CT molecular complexity index is 886. The topological polar surface area (TPSA) is 68.7 Å². The van der Waals surface area contributed by atoms with E-state index in [0.29, 0.717) is 0 Å². The van der Waals surface area contributed by atoms with Gasteiger partial charge in [0.05, 0.1) is 24.1 Å². The molecule has 0 aromatic carbocycles. The van der Waals surface area contributed by atoms with Crippen LogP contribution in [0.1, 0.15) is 31.4 Å². The Labute approximate surface area is 166 Å². The SMILES string of the molecule is CCN(CC)CCCNN1C=NC2=C(C1)c1ccncc1Nc1ncccc12. The van der Waals surface area contributed by atoms with Crippen LogP contribution in [0, 0.1) is 0 Å². The van der Waals surface area contributed by atoms with Crippen molar-refractivity contribution in [1.29, 1.82) is 0 Å². The van der Waals surface area contributed by atoms with Gasteiger partial charge in [0.1, 0.15) is 12.2 Å². The van der Waals surface area contributed by atoms with Crippen LogP contribution in [0.5, 0.6) is 0 Å². The van der Waals surface area contributed by atoms with Crippen LogP contribution in [-0.4, -0.2) is 58.9 Å². The van der Waals surface area contributed by atoms with Crippen LogP contribution in [0.2, 0.25) is 0 Å². The molecule has 4 heterocycles. The molecule has 146 valence electrons. The second kappa shape index (κ2) is 8.50. The van der Waals surface area contributed by atoms with Gasteiger partial charge in [0, 0.05) is 35.6 Å². The third-order valence-electron chi connectivity index (χ3n) is 5.26. The molecule has 0 fully saturated rings. The standard InChI is InChI=1S/C21H27N7/c1-3-27(4-2)12-6-10-25-28-14-18-16-8-11-22-13-19(16)26-21-17(7-5-9-23-21)20(18)24-15-28/h5,7-9,11,13,15,25H,3-4,6,10,12,14H2,1-2H3,(H,23,26). The number of fused-ring (bicyclic) bond motifs is 4. The summed E-state index contributed by atoms with van der Waals surface area (Å²) in [5.74, 6) is 0.819. The molecule has 0 unspecified atom stereocenters. The molecule has 0 bridgehead atoms. The van der Waals surface area contributed by atoms with E-state index in [1.807, 2.05) is 30.9 Å². The van der Waals surface area contributed by atoms with Crippen LogP contribution in [0.25, 0.3) is 11.3 Å². The Morgan fingerprint density at radius 1 is 1.18 bits per heavy atom. The average Bonchev–Trinajstić information content (AvgIpc) is 2.88. The van der Waals surface area contributed by atoms with Crippen molar-refractivity contribution in [3.05, 3.63) is 47.9 Å². The van der Waals surface area contributed by atoms with Gasteiger partial charge in [0.2, 0.25) is 0 Å². The van der Waals surface area contributed by atoms with E-state index in [0.717, 1.165) is 67.5 Å². The molecule has 2 N–H and O–H groups in total. The number of pyridine rings is 2. The van der Waals surface area contributed by atoms with Crippen molar-refractivity contribution in [1.82, 2.24) is 25.3 Å². The molecule has 0 radical (unpaired) electrons. The van der Waals surface area contributed by atoms with Crippen molar-refractivity contribution in [2.45, 2.75) is 20.3 Å². The lowest BCUT2D eigenvalue weighted by atomic mass is 10.0. The van der Waals surface area contributed by atoms with Crippen LogP contribution >= 0.6 is 0 Å². The molecular formula is C21H27N7. The fourth-order valence-corrected chi connectivity index (χ4v) is 3.68.